The van der Waals surface area contributed by atoms with Gasteiger partial charge in [0.25, 0.3) is 0 Å². The summed E-state index contributed by atoms with van der Waals surface area (Å²) in [7, 11) is 0. The van der Waals surface area contributed by atoms with Crippen molar-refractivity contribution in [1.82, 2.24) is 5.32 Å². The molecule has 1 N–H and O–H groups in total. The van der Waals surface area contributed by atoms with E-state index in [9.17, 15) is 0 Å². The van der Waals surface area contributed by atoms with Crippen LogP contribution in [0.2, 0.25) is 0 Å². The van der Waals surface area contributed by atoms with E-state index < -0.39 is 0 Å². The van der Waals surface area contributed by atoms with Crippen molar-refractivity contribution in [3.8, 4) is 6.07 Å². The third-order valence-corrected chi connectivity index (χ3v) is 3.06. The lowest BCUT2D eigenvalue weighted by Crippen LogP contribution is -2.19. The molecule has 1 atom stereocenters. The first-order chi connectivity index (χ1) is 6.31. The molecule has 2 nitrogen and oxygen atoms in total. The van der Waals surface area contributed by atoms with Crippen molar-refractivity contribution in [2.75, 3.05) is 19.3 Å². The maximum atomic E-state index is 8.30. The Bertz CT molecular complexity index is 142. The van der Waals surface area contributed by atoms with Gasteiger partial charge in [-0.3, -0.25) is 0 Å². The van der Waals surface area contributed by atoms with Gasteiger partial charge >= 0.3 is 0 Å². The molecular weight excluding hydrogens is 180 g/mol. The second-order valence-electron chi connectivity index (χ2n) is 3.20. The SMILES string of the molecule is CSC(C)CCNCCCCC#N. The van der Waals surface area contributed by atoms with E-state index in [2.05, 4.69) is 24.6 Å². The summed E-state index contributed by atoms with van der Waals surface area (Å²) >= 11 is 1.91. The zero-order valence-electron chi connectivity index (χ0n) is 8.68. The Kier molecular flexibility index (Phi) is 9.73. The summed E-state index contributed by atoms with van der Waals surface area (Å²) in [6.07, 6.45) is 6.24. The molecule has 0 heterocycles. The minimum Gasteiger partial charge on any atom is -0.317 e. The first kappa shape index (κ1) is 12.8. The number of hydrogen-bond acceptors (Lipinski definition) is 3. The lowest BCUT2D eigenvalue weighted by molar-refractivity contribution is 0.607. The smallest absolute Gasteiger partial charge is 0.0621 e. The number of nitriles is 1. The van der Waals surface area contributed by atoms with Crippen LogP contribution in [0.4, 0.5) is 0 Å². The van der Waals surface area contributed by atoms with Crippen LogP contribution in [0.15, 0.2) is 0 Å². The molecule has 1 unspecified atom stereocenters. The summed E-state index contributed by atoms with van der Waals surface area (Å²) in [6, 6.07) is 2.15. The number of unbranched alkanes of at least 4 members (excludes halogenated alkanes) is 2. The first-order valence-corrected chi connectivity index (χ1v) is 6.20. The Labute approximate surface area is 86.1 Å². The number of thioether (sulfide) groups is 1. The molecule has 0 bridgehead atoms. The van der Waals surface area contributed by atoms with E-state index in [0.29, 0.717) is 6.42 Å². The molecule has 3 heteroatoms. The van der Waals surface area contributed by atoms with Gasteiger partial charge in [-0.2, -0.15) is 17.0 Å². The molecule has 0 aromatic carbocycles. The number of hydrogen-bond donors (Lipinski definition) is 1. The highest BCUT2D eigenvalue weighted by atomic mass is 32.2. The molecule has 0 aliphatic heterocycles. The van der Waals surface area contributed by atoms with Crippen LogP contribution in [-0.4, -0.2) is 24.6 Å². The summed E-state index contributed by atoms with van der Waals surface area (Å²) in [4.78, 5) is 0. The maximum absolute atomic E-state index is 8.30. The molecule has 0 spiro atoms. The maximum Gasteiger partial charge on any atom is 0.0621 e. The van der Waals surface area contributed by atoms with Gasteiger partial charge in [-0.15, -0.1) is 0 Å². The predicted molar refractivity (Wildman–Crippen MR) is 59.9 cm³/mol. The van der Waals surface area contributed by atoms with Crippen LogP contribution >= 0.6 is 11.8 Å². The van der Waals surface area contributed by atoms with Crippen molar-refractivity contribution in [3.63, 3.8) is 0 Å². The minimum absolute atomic E-state index is 0.697. The predicted octanol–water partition coefficient (Wildman–Crippen LogP) is 2.41. The molecule has 0 saturated heterocycles. The minimum atomic E-state index is 0.697. The van der Waals surface area contributed by atoms with Gasteiger partial charge in [-0.1, -0.05) is 6.92 Å². The van der Waals surface area contributed by atoms with Crippen molar-refractivity contribution < 1.29 is 0 Å². The fraction of sp³-hybridized carbons (Fsp3) is 0.900. The Hall–Kier alpha value is -0.200. The Morgan fingerprint density at radius 3 is 2.77 bits per heavy atom. The van der Waals surface area contributed by atoms with E-state index in [1.54, 1.807) is 0 Å². The molecule has 0 amide bonds. The topological polar surface area (TPSA) is 35.8 Å². The van der Waals surface area contributed by atoms with Gasteiger partial charge in [0.15, 0.2) is 0 Å². The van der Waals surface area contributed by atoms with Gasteiger partial charge in [-0.25, -0.2) is 0 Å². The molecule has 0 aromatic heterocycles. The van der Waals surface area contributed by atoms with Crippen molar-refractivity contribution in [2.24, 2.45) is 0 Å². The summed E-state index contributed by atoms with van der Waals surface area (Å²) in [5.41, 5.74) is 0. The van der Waals surface area contributed by atoms with Gasteiger partial charge in [0, 0.05) is 11.7 Å². The van der Waals surface area contributed by atoms with Gasteiger partial charge < -0.3 is 5.32 Å². The fourth-order valence-electron chi connectivity index (χ4n) is 1.00. The monoisotopic (exact) mass is 200 g/mol. The van der Waals surface area contributed by atoms with Crippen LogP contribution in [0.3, 0.4) is 0 Å². The Balaban J connectivity index is 2.96. The van der Waals surface area contributed by atoms with Gasteiger partial charge in [0.2, 0.25) is 0 Å². The summed E-state index contributed by atoms with van der Waals surface area (Å²) in [5.74, 6) is 0. The highest BCUT2D eigenvalue weighted by molar-refractivity contribution is 7.99. The zero-order valence-corrected chi connectivity index (χ0v) is 9.49. The second kappa shape index (κ2) is 9.88. The van der Waals surface area contributed by atoms with E-state index in [0.717, 1.165) is 31.2 Å². The molecule has 76 valence electrons. The fourth-order valence-corrected chi connectivity index (χ4v) is 1.36. The Morgan fingerprint density at radius 1 is 1.38 bits per heavy atom. The Morgan fingerprint density at radius 2 is 2.15 bits per heavy atom. The lowest BCUT2D eigenvalue weighted by Gasteiger charge is -2.08. The third-order valence-electron chi connectivity index (χ3n) is 2.02. The van der Waals surface area contributed by atoms with Crippen molar-refractivity contribution >= 4 is 11.8 Å². The van der Waals surface area contributed by atoms with Crippen LogP contribution in [0.5, 0.6) is 0 Å². The molecule has 0 radical (unpaired) electrons. The van der Waals surface area contributed by atoms with Crippen molar-refractivity contribution in [2.45, 2.75) is 37.9 Å². The quantitative estimate of drug-likeness (QED) is 0.611. The number of rotatable bonds is 8. The molecule has 0 aliphatic carbocycles. The largest absolute Gasteiger partial charge is 0.317 e. The van der Waals surface area contributed by atoms with Crippen LogP contribution in [0.25, 0.3) is 0 Å². The lowest BCUT2D eigenvalue weighted by atomic mass is 10.2. The molecule has 0 aliphatic rings. The first-order valence-electron chi connectivity index (χ1n) is 4.91. The van der Waals surface area contributed by atoms with Crippen LogP contribution in [0, 0.1) is 11.3 Å². The molecule has 0 fully saturated rings. The van der Waals surface area contributed by atoms with Gasteiger partial charge in [-0.05, 0) is 38.6 Å². The van der Waals surface area contributed by atoms with Crippen LogP contribution in [0.1, 0.15) is 32.6 Å². The van der Waals surface area contributed by atoms with Gasteiger partial charge in [0.1, 0.15) is 0 Å². The van der Waals surface area contributed by atoms with Gasteiger partial charge in [0.05, 0.1) is 6.07 Å². The average molecular weight is 200 g/mol. The summed E-state index contributed by atoms with van der Waals surface area (Å²) in [6.45, 7) is 4.42. The highest BCUT2D eigenvalue weighted by Gasteiger charge is 1.97. The molecule has 0 aromatic rings. The van der Waals surface area contributed by atoms with E-state index in [1.807, 2.05) is 11.8 Å². The standard InChI is InChI=1S/C10H20N2S/c1-10(13-2)6-9-12-8-5-3-4-7-11/h10,12H,3-6,8-9H2,1-2H3. The van der Waals surface area contributed by atoms with Crippen LogP contribution in [-0.2, 0) is 0 Å². The van der Waals surface area contributed by atoms with E-state index >= 15 is 0 Å². The van der Waals surface area contributed by atoms with E-state index in [1.165, 1.54) is 6.42 Å². The molecule has 13 heavy (non-hydrogen) atoms. The van der Waals surface area contributed by atoms with Crippen LogP contribution < -0.4 is 5.32 Å². The zero-order chi connectivity index (χ0) is 9.94. The normalized spacial score (nSPS) is 12.4. The molecule has 0 saturated carbocycles. The molecule has 0 rings (SSSR count). The van der Waals surface area contributed by atoms with Crippen molar-refractivity contribution in [3.05, 3.63) is 0 Å². The van der Waals surface area contributed by atoms with Crippen molar-refractivity contribution in [1.29, 1.82) is 5.26 Å². The second-order valence-corrected chi connectivity index (χ2v) is 4.48. The van der Waals surface area contributed by atoms with E-state index in [4.69, 9.17) is 5.26 Å². The molecular formula is C10H20N2S. The summed E-state index contributed by atoms with van der Waals surface area (Å²) < 4.78 is 0. The number of nitrogens with zero attached hydrogens (tertiary/aromatic N) is 1. The number of nitrogens with one attached hydrogen (secondary N) is 1. The van der Waals surface area contributed by atoms with E-state index in [-0.39, 0.29) is 0 Å². The highest BCUT2D eigenvalue weighted by Crippen LogP contribution is 2.07. The third kappa shape index (κ3) is 9.72. The average Bonchev–Trinajstić information content (AvgIpc) is 2.16. The summed E-state index contributed by atoms with van der Waals surface area (Å²) in [5, 5.41) is 12.4.